The zero-order valence-corrected chi connectivity index (χ0v) is 9.51. The molecule has 0 aromatic heterocycles. The maximum Gasteiger partial charge on any atom is 0.333 e. The summed E-state index contributed by atoms with van der Waals surface area (Å²) in [7, 11) is 2.73. The average Bonchev–Trinajstić information content (AvgIpc) is 2.38. The molecule has 0 N–H and O–H groups in total. The van der Waals surface area contributed by atoms with Crippen LogP contribution >= 0.6 is 0 Å². The number of methoxy groups -OCH3 is 2. The van der Waals surface area contributed by atoms with Gasteiger partial charge in [0.15, 0.2) is 11.5 Å². The Labute approximate surface area is 98.6 Å². The molecule has 0 aliphatic carbocycles. The van der Waals surface area contributed by atoms with Crippen LogP contribution in [0.15, 0.2) is 30.5 Å². The van der Waals surface area contributed by atoms with E-state index in [0.717, 1.165) is 6.08 Å². The highest BCUT2D eigenvalue weighted by molar-refractivity contribution is 5.81. The first-order valence-electron chi connectivity index (χ1n) is 4.75. The lowest BCUT2D eigenvalue weighted by Gasteiger charge is -2.07. The fourth-order valence-electron chi connectivity index (χ4n) is 1.09. The van der Waals surface area contributed by atoms with E-state index < -0.39 is 5.97 Å². The van der Waals surface area contributed by atoms with Crippen LogP contribution in [0.4, 0.5) is 0 Å². The lowest BCUT2D eigenvalue weighted by Crippen LogP contribution is -1.96. The molecular formula is C12H12O5. The van der Waals surface area contributed by atoms with Gasteiger partial charge in [-0.05, 0) is 18.2 Å². The van der Waals surface area contributed by atoms with Crippen LogP contribution in [-0.4, -0.2) is 26.5 Å². The van der Waals surface area contributed by atoms with Gasteiger partial charge in [-0.3, -0.25) is 4.79 Å². The third-order valence-electron chi connectivity index (χ3n) is 1.92. The van der Waals surface area contributed by atoms with Crippen LogP contribution in [0.25, 0.3) is 0 Å². The summed E-state index contributed by atoms with van der Waals surface area (Å²) in [5.41, 5.74) is 0.478. The number of esters is 1. The molecule has 0 unspecified atom stereocenters. The number of ether oxygens (including phenoxy) is 3. The first kappa shape index (κ1) is 12.8. The van der Waals surface area contributed by atoms with Crippen molar-refractivity contribution in [2.24, 2.45) is 0 Å². The van der Waals surface area contributed by atoms with E-state index in [1.165, 1.54) is 26.5 Å². The van der Waals surface area contributed by atoms with Gasteiger partial charge in [-0.25, -0.2) is 4.79 Å². The molecule has 1 aromatic rings. The van der Waals surface area contributed by atoms with Crippen LogP contribution < -0.4 is 9.47 Å². The molecule has 1 aromatic carbocycles. The molecule has 0 amide bonds. The Kier molecular flexibility index (Phi) is 4.75. The molecule has 0 heterocycles. The molecule has 0 aliphatic rings. The fourth-order valence-corrected chi connectivity index (χ4v) is 1.09. The van der Waals surface area contributed by atoms with Gasteiger partial charge in [-0.1, -0.05) is 0 Å². The van der Waals surface area contributed by atoms with Crippen LogP contribution in [-0.2, 0) is 9.53 Å². The van der Waals surface area contributed by atoms with E-state index >= 15 is 0 Å². The van der Waals surface area contributed by atoms with Crippen LogP contribution in [0, 0.1) is 0 Å². The number of hydrogen-bond acceptors (Lipinski definition) is 5. The van der Waals surface area contributed by atoms with Gasteiger partial charge in [0.25, 0.3) is 0 Å². The normalized spacial score (nSPS) is 10.0. The van der Waals surface area contributed by atoms with Crippen molar-refractivity contribution >= 4 is 12.3 Å². The van der Waals surface area contributed by atoms with Crippen LogP contribution in [0.5, 0.6) is 11.5 Å². The number of rotatable bonds is 5. The van der Waals surface area contributed by atoms with E-state index in [0.29, 0.717) is 23.3 Å². The third kappa shape index (κ3) is 3.64. The number of aldehydes is 1. The molecule has 0 bridgehead atoms. The Balaban J connectivity index is 2.80. The van der Waals surface area contributed by atoms with Crippen LogP contribution in [0.3, 0.4) is 0 Å². The van der Waals surface area contributed by atoms with E-state index in [-0.39, 0.29) is 0 Å². The summed E-state index contributed by atoms with van der Waals surface area (Å²) < 4.78 is 14.6. The molecule has 0 radical (unpaired) electrons. The summed E-state index contributed by atoms with van der Waals surface area (Å²) in [5.74, 6) is 0.288. The minimum Gasteiger partial charge on any atom is -0.493 e. The molecule has 0 saturated carbocycles. The van der Waals surface area contributed by atoms with Crippen molar-refractivity contribution in [3.63, 3.8) is 0 Å². The molecule has 0 fully saturated rings. The third-order valence-corrected chi connectivity index (χ3v) is 1.92. The predicted molar refractivity (Wildman–Crippen MR) is 60.2 cm³/mol. The molecule has 90 valence electrons. The highest BCUT2D eigenvalue weighted by Crippen LogP contribution is 2.27. The van der Waals surface area contributed by atoms with E-state index in [1.807, 2.05) is 0 Å². The molecule has 1 rings (SSSR count). The second-order valence-electron chi connectivity index (χ2n) is 2.97. The van der Waals surface area contributed by atoms with Gasteiger partial charge in [-0.15, -0.1) is 0 Å². The van der Waals surface area contributed by atoms with Gasteiger partial charge in [0, 0.05) is 5.56 Å². The van der Waals surface area contributed by atoms with Crippen molar-refractivity contribution in [1.82, 2.24) is 0 Å². The Morgan fingerprint density at radius 2 is 2.00 bits per heavy atom. The standard InChI is InChI=1S/C12H12O5/c1-15-11-7-9(8-13)3-4-10(11)17-6-5-12(14)16-2/h3-8H,1-2H3. The van der Waals surface area contributed by atoms with Crippen molar-refractivity contribution in [3.8, 4) is 11.5 Å². The Bertz CT molecular complexity index is 437. The van der Waals surface area contributed by atoms with Gasteiger partial charge in [0.2, 0.25) is 0 Å². The van der Waals surface area contributed by atoms with Gasteiger partial charge in [0.1, 0.15) is 6.29 Å². The second kappa shape index (κ2) is 6.32. The van der Waals surface area contributed by atoms with Crippen molar-refractivity contribution in [2.75, 3.05) is 14.2 Å². The Hall–Kier alpha value is -2.30. The highest BCUT2D eigenvalue weighted by Gasteiger charge is 2.04. The van der Waals surface area contributed by atoms with Crippen molar-refractivity contribution < 1.29 is 23.8 Å². The molecule has 0 saturated heterocycles. The quantitative estimate of drug-likeness (QED) is 0.336. The Morgan fingerprint density at radius 1 is 1.24 bits per heavy atom. The zero-order valence-electron chi connectivity index (χ0n) is 9.51. The zero-order chi connectivity index (χ0) is 12.7. The first-order valence-corrected chi connectivity index (χ1v) is 4.75. The maximum absolute atomic E-state index is 10.8. The first-order chi connectivity index (χ1) is 8.21. The van der Waals surface area contributed by atoms with Crippen molar-refractivity contribution in [1.29, 1.82) is 0 Å². The summed E-state index contributed by atoms with van der Waals surface area (Å²) in [6.07, 6.45) is 3.02. The van der Waals surface area contributed by atoms with E-state index in [1.54, 1.807) is 12.1 Å². The minimum atomic E-state index is -0.520. The summed E-state index contributed by atoms with van der Waals surface area (Å²) in [5, 5.41) is 0. The topological polar surface area (TPSA) is 61.8 Å². The summed E-state index contributed by atoms with van der Waals surface area (Å²) in [6.45, 7) is 0. The Morgan fingerprint density at radius 3 is 2.59 bits per heavy atom. The lowest BCUT2D eigenvalue weighted by atomic mass is 10.2. The predicted octanol–water partition coefficient (Wildman–Crippen LogP) is 1.57. The summed E-state index contributed by atoms with van der Waals surface area (Å²) in [4.78, 5) is 21.3. The fraction of sp³-hybridized carbons (Fsp3) is 0.167. The smallest absolute Gasteiger partial charge is 0.333 e. The molecule has 5 nitrogen and oxygen atoms in total. The summed E-state index contributed by atoms with van der Waals surface area (Å²) in [6, 6.07) is 4.69. The monoisotopic (exact) mass is 236 g/mol. The van der Waals surface area contributed by atoms with Gasteiger partial charge >= 0.3 is 5.97 Å². The van der Waals surface area contributed by atoms with E-state index in [9.17, 15) is 9.59 Å². The number of carbonyl (C=O) groups excluding carboxylic acids is 2. The second-order valence-corrected chi connectivity index (χ2v) is 2.97. The maximum atomic E-state index is 10.8. The number of hydrogen-bond donors (Lipinski definition) is 0. The van der Waals surface area contributed by atoms with E-state index in [4.69, 9.17) is 9.47 Å². The lowest BCUT2D eigenvalue weighted by molar-refractivity contribution is -0.134. The number of carbonyl (C=O) groups is 2. The van der Waals surface area contributed by atoms with Gasteiger partial charge in [-0.2, -0.15) is 0 Å². The molecule has 0 atom stereocenters. The number of benzene rings is 1. The molecule has 0 aliphatic heterocycles. The SMILES string of the molecule is COC(=O)C=COc1ccc(C=O)cc1OC. The summed E-state index contributed by atoms with van der Waals surface area (Å²) >= 11 is 0. The molecule has 5 heteroatoms. The van der Waals surface area contributed by atoms with Crippen molar-refractivity contribution in [3.05, 3.63) is 36.1 Å². The van der Waals surface area contributed by atoms with Gasteiger partial charge < -0.3 is 14.2 Å². The van der Waals surface area contributed by atoms with Gasteiger partial charge in [0.05, 0.1) is 26.6 Å². The molecular weight excluding hydrogens is 224 g/mol. The molecule has 0 spiro atoms. The van der Waals surface area contributed by atoms with Crippen LogP contribution in [0.2, 0.25) is 0 Å². The van der Waals surface area contributed by atoms with Crippen molar-refractivity contribution in [2.45, 2.75) is 0 Å². The molecule has 17 heavy (non-hydrogen) atoms. The highest BCUT2D eigenvalue weighted by atomic mass is 16.5. The average molecular weight is 236 g/mol. The van der Waals surface area contributed by atoms with Crippen LogP contribution in [0.1, 0.15) is 10.4 Å². The largest absolute Gasteiger partial charge is 0.493 e. The minimum absolute atomic E-state index is 0.401. The van der Waals surface area contributed by atoms with E-state index in [2.05, 4.69) is 4.74 Å².